The molecule has 2 N–H and O–H groups in total. The second kappa shape index (κ2) is 9.88. The minimum Gasteiger partial charge on any atom is -0.361 e. The monoisotopic (exact) mass is 372 g/mol. The van der Waals surface area contributed by atoms with E-state index in [0.29, 0.717) is 25.1 Å². The summed E-state index contributed by atoms with van der Waals surface area (Å²) in [6, 6.07) is 7.42. The summed E-state index contributed by atoms with van der Waals surface area (Å²) in [6.07, 6.45) is 7.54. The number of H-pyrrole nitrogens is 1. The van der Waals surface area contributed by atoms with E-state index in [4.69, 9.17) is 5.26 Å². The van der Waals surface area contributed by atoms with Gasteiger partial charge in [-0.2, -0.15) is 17.0 Å². The average Bonchev–Trinajstić information content (AvgIpc) is 3.05. The van der Waals surface area contributed by atoms with Gasteiger partial charge in [-0.25, -0.2) is 4.90 Å². The van der Waals surface area contributed by atoms with Crippen LogP contribution in [-0.2, 0) is 16.0 Å². The zero-order chi connectivity index (χ0) is 18.9. The quantitative estimate of drug-likeness (QED) is 0.523. The number of fused-ring (bicyclic) bond motifs is 1. The second-order valence-electron chi connectivity index (χ2n) is 5.97. The molecule has 26 heavy (non-hydrogen) atoms. The summed E-state index contributed by atoms with van der Waals surface area (Å²) in [5.41, 5.74) is 2.28. The number of carbonyl (C=O) groups is 2. The van der Waals surface area contributed by atoms with Gasteiger partial charge >= 0.3 is 0 Å². The molecule has 1 aromatic carbocycles. The lowest BCUT2D eigenvalue weighted by Crippen LogP contribution is -2.48. The Kier molecular flexibility index (Phi) is 7.54. The molecule has 0 spiro atoms. The topological polar surface area (TPSA) is 89.0 Å². The number of likely N-dealkylation sites (N-methyl/N-ethyl adjacent to an activating group) is 1. The van der Waals surface area contributed by atoms with Crippen molar-refractivity contribution in [2.24, 2.45) is 0 Å². The first-order valence-electron chi connectivity index (χ1n) is 8.65. The number of aromatic nitrogens is 1. The standard InChI is InChI=1S/C19H24N4O2S/c1-3-23(13-20)19(25)17(12-26-2)22-18(24)10-6-7-14-11-21-16-9-5-4-8-15(14)16/h4-5,8-9,11,17,21H,3,6-7,10,12H2,1-2H3,(H,22,24). The van der Waals surface area contributed by atoms with E-state index < -0.39 is 6.04 Å². The summed E-state index contributed by atoms with van der Waals surface area (Å²) in [5.74, 6) is -0.0638. The van der Waals surface area contributed by atoms with Crippen LogP contribution in [0.15, 0.2) is 30.5 Å². The maximum Gasteiger partial charge on any atom is 0.258 e. The van der Waals surface area contributed by atoms with Crippen molar-refractivity contribution in [1.29, 1.82) is 5.26 Å². The fourth-order valence-electron chi connectivity index (χ4n) is 2.85. The molecule has 0 radical (unpaired) electrons. The highest BCUT2D eigenvalue weighted by atomic mass is 32.2. The summed E-state index contributed by atoms with van der Waals surface area (Å²) in [5, 5.41) is 13.0. The Bertz CT molecular complexity index is 796. The minimum absolute atomic E-state index is 0.161. The Balaban J connectivity index is 1.88. The van der Waals surface area contributed by atoms with Crippen LogP contribution in [0.3, 0.4) is 0 Å². The number of aromatic amines is 1. The molecule has 0 aliphatic heterocycles. The highest BCUT2D eigenvalue weighted by molar-refractivity contribution is 7.98. The van der Waals surface area contributed by atoms with E-state index in [1.807, 2.05) is 36.8 Å². The van der Waals surface area contributed by atoms with Crippen molar-refractivity contribution in [3.05, 3.63) is 36.0 Å². The van der Waals surface area contributed by atoms with Crippen LogP contribution in [0.4, 0.5) is 0 Å². The molecule has 0 saturated heterocycles. The van der Waals surface area contributed by atoms with Crippen molar-refractivity contribution in [2.75, 3.05) is 18.6 Å². The highest BCUT2D eigenvalue weighted by Crippen LogP contribution is 2.19. The van der Waals surface area contributed by atoms with E-state index in [2.05, 4.69) is 16.4 Å². The lowest BCUT2D eigenvalue weighted by molar-refractivity contribution is -0.133. The minimum atomic E-state index is -0.662. The van der Waals surface area contributed by atoms with Crippen molar-refractivity contribution in [3.8, 4) is 6.19 Å². The van der Waals surface area contributed by atoms with Crippen molar-refractivity contribution in [1.82, 2.24) is 15.2 Å². The average molecular weight is 372 g/mol. The van der Waals surface area contributed by atoms with Gasteiger partial charge in [-0.1, -0.05) is 18.2 Å². The lowest BCUT2D eigenvalue weighted by atomic mass is 10.1. The van der Waals surface area contributed by atoms with Crippen LogP contribution in [-0.4, -0.2) is 46.3 Å². The van der Waals surface area contributed by atoms with Gasteiger partial charge in [0.1, 0.15) is 6.04 Å². The zero-order valence-corrected chi connectivity index (χ0v) is 15.9. The third kappa shape index (κ3) is 5.02. The third-order valence-corrected chi connectivity index (χ3v) is 4.86. The summed E-state index contributed by atoms with van der Waals surface area (Å²) < 4.78 is 0. The molecule has 138 valence electrons. The van der Waals surface area contributed by atoms with Crippen LogP contribution in [0.2, 0.25) is 0 Å². The number of hydrogen-bond donors (Lipinski definition) is 2. The third-order valence-electron chi connectivity index (χ3n) is 4.19. The normalized spacial score (nSPS) is 11.7. The van der Waals surface area contributed by atoms with Crippen LogP contribution in [0, 0.1) is 11.5 Å². The molecule has 0 fully saturated rings. The van der Waals surface area contributed by atoms with Crippen molar-refractivity contribution in [3.63, 3.8) is 0 Å². The van der Waals surface area contributed by atoms with Crippen molar-refractivity contribution < 1.29 is 9.59 Å². The van der Waals surface area contributed by atoms with Crippen LogP contribution in [0.1, 0.15) is 25.3 Å². The number of benzene rings is 1. The number of rotatable bonds is 9. The lowest BCUT2D eigenvalue weighted by Gasteiger charge is -2.20. The van der Waals surface area contributed by atoms with Gasteiger partial charge in [0, 0.05) is 35.8 Å². The predicted octanol–water partition coefficient (Wildman–Crippen LogP) is 2.67. The fraction of sp³-hybridized carbons (Fsp3) is 0.421. The summed E-state index contributed by atoms with van der Waals surface area (Å²) >= 11 is 1.47. The molecule has 0 bridgehead atoms. The number of nitriles is 1. The molecule has 2 amide bonds. The summed E-state index contributed by atoms with van der Waals surface area (Å²) in [4.78, 5) is 28.9. The number of nitrogens with zero attached hydrogens (tertiary/aromatic N) is 2. The molecule has 0 aliphatic carbocycles. The molecule has 1 aromatic heterocycles. The molecule has 1 atom stereocenters. The smallest absolute Gasteiger partial charge is 0.258 e. The van der Waals surface area contributed by atoms with Crippen LogP contribution >= 0.6 is 11.8 Å². The zero-order valence-electron chi connectivity index (χ0n) is 15.1. The Hall–Kier alpha value is -2.46. The molecule has 0 saturated carbocycles. The fourth-order valence-corrected chi connectivity index (χ4v) is 3.41. The van der Waals surface area contributed by atoms with Gasteiger partial charge in [-0.3, -0.25) is 9.59 Å². The van der Waals surface area contributed by atoms with E-state index >= 15 is 0 Å². The van der Waals surface area contributed by atoms with E-state index in [-0.39, 0.29) is 11.8 Å². The maximum absolute atomic E-state index is 12.3. The number of nitrogens with one attached hydrogen (secondary N) is 2. The second-order valence-corrected chi connectivity index (χ2v) is 6.88. The van der Waals surface area contributed by atoms with Gasteiger partial charge in [0.2, 0.25) is 5.91 Å². The van der Waals surface area contributed by atoms with Crippen molar-refractivity contribution >= 4 is 34.5 Å². The Morgan fingerprint density at radius 2 is 2.15 bits per heavy atom. The number of thioether (sulfide) groups is 1. The molecular formula is C19H24N4O2S. The molecule has 7 heteroatoms. The van der Waals surface area contributed by atoms with Gasteiger partial charge in [0.25, 0.3) is 5.91 Å². The SMILES string of the molecule is CCN(C#N)C(=O)C(CSC)NC(=O)CCCc1c[nH]c2ccccc12. The number of aryl methyl sites for hydroxylation is 1. The molecule has 1 unspecified atom stereocenters. The molecule has 2 aromatic rings. The summed E-state index contributed by atoms with van der Waals surface area (Å²) in [6.45, 7) is 2.04. The first-order chi connectivity index (χ1) is 12.6. The van der Waals surface area contributed by atoms with Crippen LogP contribution < -0.4 is 5.32 Å². The van der Waals surface area contributed by atoms with Gasteiger partial charge < -0.3 is 10.3 Å². The van der Waals surface area contributed by atoms with E-state index in [9.17, 15) is 9.59 Å². The molecule has 2 rings (SSSR count). The van der Waals surface area contributed by atoms with E-state index in [0.717, 1.165) is 16.8 Å². The molecule has 6 nitrogen and oxygen atoms in total. The van der Waals surface area contributed by atoms with Gasteiger partial charge in [-0.15, -0.1) is 0 Å². The van der Waals surface area contributed by atoms with Gasteiger partial charge in [-0.05, 0) is 37.7 Å². The number of carbonyl (C=O) groups excluding carboxylic acids is 2. The van der Waals surface area contributed by atoms with Crippen LogP contribution in [0.25, 0.3) is 10.9 Å². The first kappa shape index (κ1) is 19.9. The Labute approximate surface area is 157 Å². The number of para-hydroxylation sites is 1. The maximum atomic E-state index is 12.3. The number of hydrogen-bond acceptors (Lipinski definition) is 4. The highest BCUT2D eigenvalue weighted by Gasteiger charge is 2.24. The number of amides is 2. The first-order valence-corrected chi connectivity index (χ1v) is 10.0. The largest absolute Gasteiger partial charge is 0.361 e. The molecule has 0 aliphatic rings. The summed E-state index contributed by atoms with van der Waals surface area (Å²) in [7, 11) is 0. The predicted molar refractivity (Wildman–Crippen MR) is 105 cm³/mol. The van der Waals surface area contributed by atoms with Crippen molar-refractivity contribution in [2.45, 2.75) is 32.2 Å². The Morgan fingerprint density at radius 1 is 1.38 bits per heavy atom. The van der Waals surface area contributed by atoms with E-state index in [1.54, 1.807) is 6.92 Å². The van der Waals surface area contributed by atoms with Gasteiger partial charge in [0.15, 0.2) is 6.19 Å². The molecule has 1 heterocycles. The van der Waals surface area contributed by atoms with Gasteiger partial charge in [0.05, 0.1) is 0 Å². The van der Waals surface area contributed by atoms with Crippen LogP contribution in [0.5, 0.6) is 0 Å². The van der Waals surface area contributed by atoms with E-state index in [1.165, 1.54) is 22.7 Å². The Morgan fingerprint density at radius 3 is 2.85 bits per heavy atom. The molecular weight excluding hydrogens is 348 g/mol.